The fraction of sp³-hybridized carbons (Fsp3) is 0.111. The third kappa shape index (κ3) is 4.75. The molecular formula is C9H9ClS2. The van der Waals surface area contributed by atoms with Crippen molar-refractivity contribution in [1.29, 1.82) is 0 Å². The summed E-state index contributed by atoms with van der Waals surface area (Å²) < 4.78 is 0. The summed E-state index contributed by atoms with van der Waals surface area (Å²) in [7, 11) is 0. The first-order valence-electron chi connectivity index (χ1n) is 3.48. The molecule has 0 bridgehead atoms. The van der Waals surface area contributed by atoms with Crippen molar-refractivity contribution < 1.29 is 0 Å². The van der Waals surface area contributed by atoms with Gasteiger partial charge >= 0.3 is 0 Å². The minimum atomic E-state index is 0.794. The molecule has 0 atom stereocenters. The standard InChI is InChI=1S/C6H5Cl.C3H4S2/c7-6-4-2-1-3-5-6;1-2-5-3-4-1/h1-5H;1-2H,3H2. The van der Waals surface area contributed by atoms with E-state index in [2.05, 4.69) is 10.8 Å². The van der Waals surface area contributed by atoms with Crippen LogP contribution >= 0.6 is 35.1 Å². The van der Waals surface area contributed by atoms with Crippen molar-refractivity contribution in [2.75, 3.05) is 5.08 Å². The SMILES string of the molecule is C1=CSCS1.Clc1ccccc1. The maximum atomic E-state index is 5.54. The normalized spacial score (nSPS) is 13.8. The second-order valence-corrected chi connectivity index (χ2v) is 4.61. The van der Waals surface area contributed by atoms with Gasteiger partial charge in [-0.3, -0.25) is 0 Å². The Kier molecular flexibility index (Phi) is 5.41. The number of rotatable bonds is 0. The summed E-state index contributed by atoms with van der Waals surface area (Å²) in [4.78, 5) is 0. The first-order valence-corrected chi connectivity index (χ1v) is 5.96. The Bertz CT molecular complexity index is 228. The lowest BCUT2D eigenvalue weighted by Gasteiger charge is -1.80. The number of hydrogen-bond donors (Lipinski definition) is 0. The maximum Gasteiger partial charge on any atom is 0.0475 e. The lowest BCUT2D eigenvalue weighted by Crippen LogP contribution is -1.55. The fourth-order valence-electron chi connectivity index (χ4n) is 0.611. The van der Waals surface area contributed by atoms with Crippen molar-refractivity contribution in [2.24, 2.45) is 0 Å². The first-order chi connectivity index (χ1) is 5.89. The van der Waals surface area contributed by atoms with Gasteiger partial charge < -0.3 is 0 Å². The molecule has 0 fully saturated rings. The molecule has 0 aromatic heterocycles. The molecule has 0 spiro atoms. The second-order valence-electron chi connectivity index (χ2n) is 2.02. The van der Waals surface area contributed by atoms with E-state index in [1.807, 2.05) is 53.9 Å². The molecule has 0 radical (unpaired) electrons. The zero-order valence-corrected chi connectivity index (χ0v) is 8.83. The van der Waals surface area contributed by atoms with Crippen molar-refractivity contribution in [2.45, 2.75) is 0 Å². The van der Waals surface area contributed by atoms with E-state index < -0.39 is 0 Å². The average Bonchev–Trinajstić information content (AvgIpc) is 2.62. The monoisotopic (exact) mass is 216 g/mol. The van der Waals surface area contributed by atoms with Crippen LogP contribution < -0.4 is 0 Å². The minimum Gasteiger partial charge on any atom is -0.122 e. The van der Waals surface area contributed by atoms with Gasteiger partial charge in [-0.15, -0.1) is 23.5 Å². The Hall–Kier alpha value is -0.0500. The van der Waals surface area contributed by atoms with Gasteiger partial charge in [0.05, 0.1) is 0 Å². The summed E-state index contributed by atoms with van der Waals surface area (Å²) in [5.74, 6) is 0. The molecule has 12 heavy (non-hydrogen) atoms. The van der Waals surface area contributed by atoms with E-state index in [1.54, 1.807) is 0 Å². The van der Waals surface area contributed by atoms with Crippen molar-refractivity contribution in [3.63, 3.8) is 0 Å². The van der Waals surface area contributed by atoms with Crippen LogP contribution in [0.15, 0.2) is 41.1 Å². The van der Waals surface area contributed by atoms with Crippen molar-refractivity contribution in [3.8, 4) is 0 Å². The van der Waals surface area contributed by atoms with Gasteiger partial charge in [0, 0.05) is 10.1 Å². The van der Waals surface area contributed by atoms with Crippen LogP contribution in [0.4, 0.5) is 0 Å². The molecule has 1 aliphatic rings. The Morgan fingerprint density at radius 2 is 1.58 bits per heavy atom. The highest BCUT2D eigenvalue weighted by atomic mass is 35.5. The van der Waals surface area contributed by atoms with Gasteiger partial charge in [0.2, 0.25) is 0 Å². The predicted molar refractivity (Wildman–Crippen MR) is 60.6 cm³/mol. The molecule has 1 aromatic rings. The van der Waals surface area contributed by atoms with Crippen molar-refractivity contribution in [1.82, 2.24) is 0 Å². The predicted octanol–water partition coefficient (Wildman–Crippen LogP) is 4.24. The van der Waals surface area contributed by atoms with E-state index >= 15 is 0 Å². The van der Waals surface area contributed by atoms with E-state index in [0.717, 1.165) is 5.02 Å². The van der Waals surface area contributed by atoms with Gasteiger partial charge in [-0.05, 0) is 22.9 Å². The van der Waals surface area contributed by atoms with E-state index in [-0.39, 0.29) is 0 Å². The van der Waals surface area contributed by atoms with Crippen LogP contribution in [0, 0.1) is 0 Å². The fourth-order valence-corrected chi connectivity index (χ4v) is 2.33. The number of hydrogen-bond acceptors (Lipinski definition) is 2. The van der Waals surface area contributed by atoms with E-state index in [9.17, 15) is 0 Å². The molecule has 1 heterocycles. The average molecular weight is 217 g/mol. The highest BCUT2D eigenvalue weighted by Crippen LogP contribution is 2.22. The summed E-state index contributed by atoms with van der Waals surface area (Å²) in [6.07, 6.45) is 0. The topological polar surface area (TPSA) is 0 Å². The molecule has 64 valence electrons. The Morgan fingerprint density at radius 3 is 1.83 bits per heavy atom. The van der Waals surface area contributed by atoms with Gasteiger partial charge in [0.25, 0.3) is 0 Å². The Balaban J connectivity index is 0.000000127. The Labute approximate surface area is 86.4 Å². The lowest BCUT2D eigenvalue weighted by atomic mass is 10.4. The highest BCUT2D eigenvalue weighted by molar-refractivity contribution is 8.21. The van der Waals surface area contributed by atoms with Gasteiger partial charge in [-0.2, -0.15) is 0 Å². The molecule has 0 nitrogen and oxygen atoms in total. The van der Waals surface area contributed by atoms with Gasteiger partial charge in [0.1, 0.15) is 0 Å². The number of benzene rings is 1. The minimum absolute atomic E-state index is 0.794. The second kappa shape index (κ2) is 6.46. The summed E-state index contributed by atoms with van der Waals surface area (Å²) in [5, 5.41) is 6.25. The van der Waals surface area contributed by atoms with Crippen molar-refractivity contribution >= 4 is 35.1 Å². The Morgan fingerprint density at radius 1 is 1.00 bits per heavy atom. The van der Waals surface area contributed by atoms with Crippen LogP contribution in [0.2, 0.25) is 5.02 Å². The summed E-state index contributed by atoms with van der Waals surface area (Å²) in [6.45, 7) is 0. The first kappa shape index (κ1) is 10.0. The van der Waals surface area contributed by atoms with Gasteiger partial charge in [0.15, 0.2) is 0 Å². The summed E-state index contributed by atoms with van der Waals surface area (Å²) >= 11 is 9.25. The molecular weight excluding hydrogens is 208 g/mol. The molecule has 0 saturated heterocycles. The van der Waals surface area contributed by atoms with E-state index in [1.165, 1.54) is 5.08 Å². The van der Waals surface area contributed by atoms with Crippen LogP contribution in [-0.4, -0.2) is 5.08 Å². The van der Waals surface area contributed by atoms with E-state index in [0.29, 0.717) is 0 Å². The van der Waals surface area contributed by atoms with Crippen LogP contribution in [0.3, 0.4) is 0 Å². The molecule has 0 unspecified atom stereocenters. The van der Waals surface area contributed by atoms with Crippen LogP contribution in [0.5, 0.6) is 0 Å². The number of thioether (sulfide) groups is 2. The molecule has 0 N–H and O–H groups in total. The maximum absolute atomic E-state index is 5.54. The molecule has 0 aliphatic carbocycles. The zero-order valence-electron chi connectivity index (χ0n) is 6.44. The largest absolute Gasteiger partial charge is 0.122 e. The lowest BCUT2D eigenvalue weighted by molar-refractivity contribution is 1.71. The summed E-state index contributed by atoms with van der Waals surface area (Å²) in [5.41, 5.74) is 0. The molecule has 0 saturated carbocycles. The number of halogens is 1. The third-order valence-electron chi connectivity index (χ3n) is 1.12. The van der Waals surface area contributed by atoms with Crippen LogP contribution in [0.25, 0.3) is 0 Å². The molecule has 2 rings (SSSR count). The smallest absolute Gasteiger partial charge is 0.0475 e. The highest BCUT2D eigenvalue weighted by Gasteiger charge is 1.85. The van der Waals surface area contributed by atoms with E-state index in [4.69, 9.17) is 11.6 Å². The zero-order chi connectivity index (χ0) is 8.65. The van der Waals surface area contributed by atoms with Crippen molar-refractivity contribution in [3.05, 3.63) is 46.2 Å². The quantitative estimate of drug-likeness (QED) is 0.637. The molecule has 0 amide bonds. The molecule has 3 heteroatoms. The van der Waals surface area contributed by atoms with Gasteiger partial charge in [-0.25, -0.2) is 0 Å². The molecule has 1 aliphatic heterocycles. The third-order valence-corrected chi connectivity index (χ3v) is 3.29. The molecule has 1 aromatic carbocycles. The van der Waals surface area contributed by atoms with Crippen LogP contribution in [-0.2, 0) is 0 Å². The summed E-state index contributed by atoms with van der Waals surface area (Å²) in [6, 6.07) is 9.44. The van der Waals surface area contributed by atoms with Crippen LogP contribution in [0.1, 0.15) is 0 Å². The van der Waals surface area contributed by atoms with Gasteiger partial charge in [-0.1, -0.05) is 29.8 Å².